The molecular weight excluding hydrogens is 448 g/mol. The van der Waals surface area contributed by atoms with Crippen molar-refractivity contribution in [2.24, 2.45) is 5.10 Å². The van der Waals surface area contributed by atoms with Gasteiger partial charge >= 0.3 is 0 Å². The van der Waals surface area contributed by atoms with E-state index in [0.29, 0.717) is 16.9 Å². The molecule has 0 fully saturated rings. The molecule has 2 aromatic carbocycles. The van der Waals surface area contributed by atoms with E-state index in [1.807, 2.05) is 38.1 Å². The summed E-state index contributed by atoms with van der Waals surface area (Å²) < 4.78 is 7.67. The summed E-state index contributed by atoms with van der Waals surface area (Å²) in [7, 11) is 1.50. The van der Waals surface area contributed by atoms with Crippen molar-refractivity contribution in [2.75, 3.05) is 12.5 Å². The molecule has 7 nitrogen and oxygen atoms in total. The van der Waals surface area contributed by atoms with Gasteiger partial charge in [0.25, 0.3) is 11.8 Å². The summed E-state index contributed by atoms with van der Waals surface area (Å²) in [5.41, 5.74) is 8.69. The normalized spacial score (nSPS) is 10.8. The van der Waals surface area contributed by atoms with Gasteiger partial charge in [0.1, 0.15) is 5.75 Å². The number of hydrogen-bond donors (Lipinski definition) is 2. The molecule has 0 aliphatic rings. The van der Waals surface area contributed by atoms with Gasteiger partial charge in [0, 0.05) is 27.0 Å². The molecule has 3 aromatic rings. The molecule has 30 heavy (non-hydrogen) atoms. The van der Waals surface area contributed by atoms with Crippen molar-refractivity contribution < 1.29 is 14.3 Å². The molecule has 8 heteroatoms. The Labute approximate surface area is 182 Å². The first-order valence-corrected chi connectivity index (χ1v) is 9.92. The first-order chi connectivity index (χ1) is 14.4. The Hall–Kier alpha value is -3.39. The van der Waals surface area contributed by atoms with Crippen molar-refractivity contribution in [3.05, 3.63) is 87.1 Å². The molecule has 0 saturated heterocycles. The lowest BCUT2D eigenvalue weighted by Gasteiger charge is -2.11. The van der Waals surface area contributed by atoms with Gasteiger partial charge in [0.05, 0.1) is 18.9 Å². The number of nitrogens with one attached hydrogen (secondary N) is 2. The molecule has 0 radical (unpaired) electrons. The van der Waals surface area contributed by atoms with Crippen LogP contribution in [0.1, 0.15) is 37.7 Å². The van der Waals surface area contributed by atoms with Crippen molar-refractivity contribution in [1.82, 2.24) is 10.1 Å². The summed E-state index contributed by atoms with van der Waals surface area (Å²) in [6, 6.07) is 16.0. The molecule has 0 saturated carbocycles. The molecule has 0 unspecified atom stereocenters. The predicted molar refractivity (Wildman–Crippen MR) is 120 cm³/mol. The molecule has 0 aliphatic heterocycles. The predicted octanol–water partition coefficient (Wildman–Crippen LogP) is 4.02. The van der Waals surface area contributed by atoms with Gasteiger partial charge in [-0.25, -0.2) is 5.43 Å². The minimum absolute atomic E-state index is 0.212. The van der Waals surface area contributed by atoms with Crippen LogP contribution in [0.25, 0.3) is 0 Å². The minimum atomic E-state index is -0.393. The number of hydrogen-bond acceptors (Lipinski definition) is 4. The van der Waals surface area contributed by atoms with Gasteiger partial charge in [0.15, 0.2) is 0 Å². The Kier molecular flexibility index (Phi) is 6.68. The van der Waals surface area contributed by atoms with E-state index >= 15 is 0 Å². The fraction of sp³-hybridized carbons (Fsp3) is 0.136. The lowest BCUT2D eigenvalue weighted by atomic mass is 10.2. The van der Waals surface area contributed by atoms with Crippen LogP contribution in [0.3, 0.4) is 0 Å². The molecule has 0 aliphatic carbocycles. The number of nitrogens with zero attached hydrogens (tertiary/aromatic N) is 2. The van der Waals surface area contributed by atoms with E-state index in [1.54, 1.807) is 35.0 Å². The number of methoxy groups -OCH3 is 1. The number of aryl methyl sites for hydroxylation is 1. The Morgan fingerprint density at radius 1 is 1.07 bits per heavy atom. The number of amides is 2. The van der Waals surface area contributed by atoms with Crippen LogP contribution in [0.4, 0.5) is 0 Å². The lowest BCUT2D eigenvalue weighted by molar-refractivity contribution is 0.0951. The van der Waals surface area contributed by atoms with Gasteiger partial charge in [-0.1, -0.05) is 34.1 Å². The maximum Gasteiger partial charge on any atom is 0.275 e. The molecule has 0 bridgehead atoms. The van der Waals surface area contributed by atoms with Crippen LogP contribution in [0.2, 0.25) is 0 Å². The molecule has 0 atom stereocenters. The quantitative estimate of drug-likeness (QED) is 0.423. The molecule has 1 heterocycles. The molecular formula is C22H21BrN4O3. The zero-order valence-electron chi connectivity index (χ0n) is 16.8. The average molecular weight is 469 g/mol. The van der Waals surface area contributed by atoms with Crippen molar-refractivity contribution in [3.63, 3.8) is 0 Å². The molecule has 0 spiro atoms. The van der Waals surface area contributed by atoms with Gasteiger partial charge in [-0.05, 0) is 50.2 Å². The molecule has 2 amide bonds. The van der Waals surface area contributed by atoms with Crippen LogP contribution in [0, 0.1) is 13.8 Å². The summed E-state index contributed by atoms with van der Waals surface area (Å²) in [6.45, 7) is 3.74. The third-order valence-electron chi connectivity index (χ3n) is 4.50. The van der Waals surface area contributed by atoms with Gasteiger partial charge in [-0.2, -0.15) is 5.10 Å². The Morgan fingerprint density at radius 3 is 2.50 bits per heavy atom. The van der Waals surface area contributed by atoms with Crippen molar-refractivity contribution in [2.45, 2.75) is 13.8 Å². The average Bonchev–Trinajstić information content (AvgIpc) is 3.01. The second-order valence-corrected chi connectivity index (χ2v) is 7.43. The lowest BCUT2D eigenvalue weighted by Crippen LogP contribution is -2.24. The highest BCUT2D eigenvalue weighted by molar-refractivity contribution is 9.10. The highest BCUT2D eigenvalue weighted by atomic mass is 79.9. The third-order valence-corrected chi connectivity index (χ3v) is 4.99. The summed E-state index contributed by atoms with van der Waals surface area (Å²) in [5.74, 6) is -0.153. The Balaban J connectivity index is 1.73. The number of carbonyl (C=O) groups is 2. The summed E-state index contributed by atoms with van der Waals surface area (Å²) >= 11 is 3.34. The van der Waals surface area contributed by atoms with E-state index in [0.717, 1.165) is 21.4 Å². The third kappa shape index (κ3) is 4.77. The monoisotopic (exact) mass is 468 g/mol. The smallest absolute Gasteiger partial charge is 0.275 e. The number of rotatable bonds is 6. The van der Waals surface area contributed by atoms with Crippen LogP contribution in [0.5, 0.6) is 5.75 Å². The largest absolute Gasteiger partial charge is 0.496 e. The fourth-order valence-corrected chi connectivity index (χ4v) is 3.29. The van der Waals surface area contributed by atoms with Gasteiger partial charge in [-0.15, -0.1) is 0 Å². The van der Waals surface area contributed by atoms with Crippen LogP contribution >= 0.6 is 15.9 Å². The number of benzene rings is 2. The molecule has 1 aromatic heterocycles. The number of halogens is 1. The van der Waals surface area contributed by atoms with Crippen LogP contribution in [-0.4, -0.2) is 29.8 Å². The minimum Gasteiger partial charge on any atom is -0.496 e. The number of carbonyl (C=O) groups excluding carboxylic acids is 2. The first kappa shape index (κ1) is 21.3. The Morgan fingerprint density at radius 2 is 1.80 bits per heavy atom. The second kappa shape index (κ2) is 9.41. The van der Waals surface area contributed by atoms with E-state index < -0.39 is 5.91 Å². The van der Waals surface area contributed by atoms with Crippen molar-refractivity contribution >= 4 is 34.0 Å². The molecule has 154 valence electrons. The SMILES string of the molecule is COc1ccc(Br)cc1C(=O)N/N=C\c1cc(C)n(NC(=O)c2ccccc2)c1C. The zero-order chi connectivity index (χ0) is 21.7. The first-order valence-electron chi connectivity index (χ1n) is 9.13. The van der Waals surface area contributed by atoms with Crippen LogP contribution in [-0.2, 0) is 0 Å². The van der Waals surface area contributed by atoms with E-state index in [-0.39, 0.29) is 5.91 Å². The number of aromatic nitrogens is 1. The van der Waals surface area contributed by atoms with E-state index in [1.165, 1.54) is 13.3 Å². The van der Waals surface area contributed by atoms with Gasteiger partial charge < -0.3 is 4.74 Å². The fourth-order valence-electron chi connectivity index (χ4n) is 2.92. The van der Waals surface area contributed by atoms with Gasteiger partial charge in [0.2, 0.25) is 0 Å². The highest BCUT2D eigenvalue weighted by Gasteiger charge is 2.13. The van der Waals surface area contributed by atoms with Crippen LogP contribution in [0.15, 0.2) is 64.2 Å². The van der Waals surface area contributed by atoms with E-state index in [2.05, 4.69) is 31.9 Å². The summed E-state index contributed by atoms with van der Waals surface area (Å²) in [5, 5.41) is 4.05. The van der Waals surface area contributed by atoms with Crippen molar-refractivity contribution in [1.29, 1.82) is 0 Å². The van der Waals surface area contributed by atoms with Gasteiger partial charge in [-0.3, -0.25) is 19.7 Å². The summed E-state index contributed by atoms with van der Waals surface area (Å²) in [4.78, 5) is 24.9. The summed E-state index contributed by atoms with van der Waals surface area (Å²) in [6.07, 6.45) is 1.54. The van der Waals surface area contributed by atoms with E-state index in [9.17, 15) is 9.59 Å². The van der Waals surface area contributed by atoms with Crippen molar-refractivity contribution in [3.8, 4) is 5.75 Å². The highest BCUT2D eigenvalue weighted by Crippen LogP contribution is 2.22. The maximum atomic E-state index is 12.4. The Bertz CT molecular complexity index is 1110. The zero-order valence-corrected chi connectivity index (χ0v) is 18.4. The topological polar surface area (TPSA) is 84.7 Å². The maximum absolute atomic E-state index is 12.4. The van der Waals surface area contributed by atoms with E-state index in [4.69, 9.17) is 4.74 Å². The number of ether oxygens (including phenoxy) is 1. The molecule has 2 N–H and O–H groups in total. The van der Waals surface area contributed by atoms with Crippen LogP contribution < -0.4 is 15.6 Å². The molecule has 3 rings (SSSR count). The number of hydrazone groups is 1. The second-order valence-electron chi connectivity index (χ2n) is 6.51. The standard InChI is InChI=1S/C22H21BrN4O3/c1-14-11-17(15(2)27(14)26-21(28)16-7-5-4-6-8-16)13-24-25-22(29)19-12-18(23)9-10-20(19)30-3/h4-13H,1-3H3,(H,25,29)(H,26,28)/b24-13-.